The topological polar surface area (TPSA) is 162 Å². The number of H-pyrrole nitrogens is 2. The van der Waals surface area contributed by atoms with Crippen LogP contribution in [0.15, 0.2) is 76.8 Å². The van der Waals surface area contributed by atoms with E-state index in [0.29, 0.717) is 0 Å². The monoisotopic (exact) mass is 411 g/mol. The summed E-state index contributed by atoms with van der Waals surface area (Å²) in [7, 11) is 0. The van der Waals surface area contributed by atoms with Crippen LogP contribution < -0.4 is 28.6 Å². The van der Waals surface area contributed by atoms with Crippen molar-refractivity contribution in [3.05, 3.63) is 113 Å². The molecule has 0 amide bonds. The van der Waals surface area contributed by atoms with E-state index < -0.39 is 28.9 Å². The number of aromatic nitrogens is 4. The Balaban J connectivity index is 1.46. The molecule has 4 rings (SSSR count). The lowest BCUT2D eigenvalue weighted by Crippen LogP contribution is -2.17. The molecule has 30 heavy (non-hydrogen) atoms. The number of benzene rings is 2. The number of nitrogens with two attached hydrogens (primary N) is 1. The fraction of sp³-hybridized carbons (Fsp3) is 0.158. The lowest BCUT2D eigenvalue weighted by Gasteiger charge is -2.14. The highest BCUT2D eigenvalue weighted by molar-refractivity contribution is 5.34. The number of aromatic amines is 2. The first-order valence-electron chi connectivity index (χ1n) is 8.93. The van der Waals surface area contributed by atoms with Gasteiger partial charge in [0, 0.05) is 0 Å². The molecule has 4 N–H and O–H groups in total. The average molecular weight is 411 g/mol. The molecule has 0 radical (unpaired) electrons. The predicted molar refractivity (Wildman–Crippen MR) is 104 cm³/mol. The summed E-state index contributed by atoms with van der Waals surface area (Å²) in [5.41, 5.74) is 8.35. The number of nitrogens with one attached hydrogen (secondary N) is 2. The SMILES string of the molecule is NC(c1ccc(Cn2oc(=O)[nH]c2=O)cc1)c1ccc(Cn2oc(=O)[nH]c2=O)cc1. The third kappa shape index (κ3) is 4.00. The number of hydrogen-bond acceptors (Lipinski definition) is 7. The zero-order valence-electron chi connectivity index (χ0n) is 15.5. The molecule has 0 saturated carbocycles. The molecule has 0 saturated heterocycles. The van der Waals surface area contributed by atoms with Crippen LogP contribution in [0.4, 0.5) is 0 Å². The largest absolute Gasteiger partial charge is 0.440 e. The van der Waals surface area contributed by atoms with Crippen LogP contribution in [-0.2, 0) is 13.1 Å². The van der Waals surface area contributed by atoms with Crippen molar-refractivity contribution in [1.29, 1.82) is 0 Å². The summed E-state index contributed by atoms with van der Waals surface area (Å²) in [5.74, 6) is -1.60. The summed E-state index contributed by atoms with van der Waals surface area (Å²) in [6.45, 7) is 0.243. The molecule has 154 valence electrons. The number of nitrogens with zero attached hydrogens (tertiary/aromatic N) is 2. The van der Waals surface area contributed by atoms with Crippen LogP contribution in [0.5, 0.6) is 0 Å². The third-order valence-corrected chi connectivity index (χ3v) is 4.59. The summed E-state index contributed by atoms with van der Waals surface area (Å²) in [6.07, 6.45) is 0. The van der Waals surface area contributed by atoms with Crippen LogP contribution in [0.2, 0.25) is 0 Å². The minimum Gasteiger partial charge on any atom is -0.320 e. The van der Waals surface area contributed by atoms with Crippen molar-refractivity contribution in [3.8, 4) is 0 Å². The molecule has 0 unspecified atom stereocenters. The molecule has 0 aliphatic heterocycles. The van der Waals surface area contributed by atoms with E-state index in [4.69, 9.17) is 14.8 Å². The van der Waals surface area contributed by atoms with Gasteiger partial charge in [-0.25, -0.2) is 29.1 Å². The summed E-state index contributed by atoms with van der Waals surface area (Å²) in [6, 6.07) is 14.1. The highest BCUT2D eigenvalue weighted by atomic mass is 16.5. The molecule has 11 heteroatoms. The van der Waals surface area contributed by atoms with Gasteiger partial charge in [0.25, 0.3) is 0 Å². The molecule has 2 heterocycles. The van der Waals surface area contributed by atoms with Gasteiger partial charge < -0.3 is 14.8 Å². The van der Waals surface area contributed by atoms with Gasteiger partial charge in [0.15, 0.2) is 0 Å². The Morgan fingerprint density at radius 3 is 1.37 bits per heavy atom. The van der Waals surface area contributed by atoms with Crippen LogP contribution in [0.25, 0.3) is 0 Å². The molecular weight excluding hydrogens is 394 g/mol. The maximum Gasteiger partial charge on any atom is 0.440 e. The molecule has 0 aliphatic carbocycles. The van der Waals surface area contributed by atoms with Gasteiger partial charge in [-0.2, -0.15) is 0 Å². The Bertz CT molecular complexity index is 1270. The van der Waals surface area contributed by atoms with E-state index in [-0.39, 0.29) is 13.1 Å². The molecule has 2 aromatic heterocycles. The molecule has 11 nitrogen and oxygen atoms in total. The summed E-state index contributed by atoms with van der Waals surface area (Å²) < 4.78 is 11.4. The molecular formula is C19H17N5O6. The maximum atomic E-state index is 11.5. The van der Waals surface area contributed by atoms with E-state index in [1.807, 2.05) is 34.2 Å². The lowest BCUT2D eigenvalue weighted by atomic mass is 9.97. The normalized spacial score (nSPS) is 11.3. The van der Waals surface area contributed by atoms with Crippen molar-refractivity contribution < 1.29 is 9.05 Å². The minimum atomic E-state index is -0.800. The van der Waals surface area contributed by atoms with E-state index in [2.05, 4.69) is 0 Å². The van der Waals surface area contributed by atoms with Gasteiger partial charge in [-0.15, -0.1) is 9.48 Å². The maximum absolute atomic E-state index is 11.5. The second-order valence-electron chi connectivity index (χ2n) is 6.65. The van der Waals surface area contributed by atoms with Crippen molar-refractivity contribution in [2.24, 2.45) is 5.73 Å². The molecule has 0 bridgehead atoms. The van der Waals surface area contributed by atoms with E-state index in [1.54, 1.807) is 24.3 Å². The fourth-order valence-corrected chi connectivity index (χ4v) is 3.02. The number of rotatable bonds is 6. The van der Waals surface area contributed by atoms with Gasteiger partial charge in [0.1, 0.15) is 0 Å². The standard InChI is InChI=1S/C19H17N5O6/c20-15(13-5-1-11(2-6-13)9-23-16(25)21-18(27)29-23)14-7-3-12(4-8-14)10-24-17(26)22-19(28)30-24/h1-8,15H,9-10,20H2,(H,21,25,27)(H,22,26,28). The van der Waals surface area contributed by atoms with Gasteiger partial charge in [-0.1, -0.05) is 48.5 Å². The molecule has 2 aromatic carbocycles. The zero-order chi connectivity index (χ0) is 21.3. The van der Waals surface area contributed by atoms with Crippen LogP contribution >= 0.6 is 0 Å². The van der Waals surface area contributed by atoms with Gasteiger partial charge in [0.05, 0.1) is 19.1 Å². The average Bonchev–Trinajstić information content (AvgIpc) is 3.21. The van der Waals surface area contributed by atoms with Crippen molar-refractivity contribution >= 4 is 0 Å². The molecule has 0 fully saturated rings. The Kier molecular flexibility index (Phi) is 4.94. The molecule has 4 aromatic rings. The molecule has 0 atom stereocenters. The third-order valence-electron chi connectivity index (χ3n) is 4.59. The van der Waals surface area contributed by atoms with Crippen molar-refractivity contribution in [1.82, 2.24) is 19.4 Å². The molecule has 0 spiro atoms. The second-order valence-corrected chi connectivity index (χ2v) is 6.65. The Hall–Kier alpha value is -4.12. The van der Waals surface area contributed by atoms with E-state index in [0.717, 1.165) is 31.7 Å². The smallest absolute Gasteiger partial charge is 0.320 e. The predicted octanol–water partition coefficient (Wildman–Crippen LogP) is -0.283. The van der Waals surface area contributed by atoms with Crippen molar-refractivity contribution in [2.75, 3.05) is 0 Å². The first-order chi connectivity index (χ1) is 14.4. The van der Waals surface area contributed by atoms with Crippen LogP contribution in [0, 0.1) is 0 Å². The molecule has 0 aliphatic rings. The Labute approximate surface area is 166 Å². The summed E-state index contributed by atoms with van der Waals surface area (Å²) >= 11 is 0. The van der Waals surface area contributed by atoms with E-state index >= 15 is 0 Å². The van der Waals surface area contributed by atoms with Crippen LogP contribution in [0.3, 0.4) is 0 Å². The lowest BCUT2D eigenvalue weighted by molar-refractivity contribution is 0.258. The number of hydrogen-bond donors (Lipinski definition) is 3. The highest BCUT2D eigenvalue weighted by Crippen LogP contribution is 2.21. The first-order valence-corrected chi connectivity index (χ1v) is 8.93. The van der Waals surface area contributed by atoms with Crippen molar-refractivity contribution in [2.45, 2.75) is 19.1 Å². The van der Waals surface area contributed by atoms with Gasteiger partial charge >= 0.3 is 22.9 Å². The minimum absolute atomic E-state index is 0.121. The fourth-order valence-electron chi connectivity index (χ4n) is 3.02. The quantitative estimate of drug-likeness (QED) is 0.393. The van der Waals surface area contributed by atoms with Crippen LogP contribution in [-0.4, -0.2) is 19.4 Å². The van der Waals surface area contributed by atoms with E-state index in [9.17, 15) is 19.2 Å². The Morgan fingerprint density at radius 1 is 0.700 bits per heavy atom. The Morgan fingerprint density at radius 2 is 1.07 bits per heavy atom. The summed E-state index contributed by atoms with van der Waals surface area (Å²) in [5, 5.41) is 0. The van der Waals surface area contributed by atoms with Gasteiger partial charge in [0.2, 0.25) is 0 Å². The van der Waals surface area contributed by atoms with Gasteiger partial charge in [-0.3, -0.25) is 0 Å². The second kappa shape index (κ2) is 7.72. The van der Waals surface area contributed by atoms with E-state index in [1.165, 1.54) is 0 Å². The van der Waals surface area contributed by atoms with Crippen molar-refractivity contribution in [3.63, 3.8) is 0 Å². The highest BCUT2D eigenvalue weighted by Gasteiger charge is 2.11. The zero-order valence-corrected chi connectivity index (χ0v) is 15.5. The van der Waals surface area contributed by atoms with Crippen LogP contribution in [0.1, 0.15) is 28.3 Å². The first kappa shape index (κ1) is 19.2. The van der Waals surface area contributed by atoms with Gasteiger partial charge in [-0.05, 0) is 22.3 Å². The summed E-state index contributed by atoms with van der Waals surface area (Å²) in [4.78, 5) is 49.2.